The Morgan fingerprint density at radius 1 is 1.50 bits per heavy atom. The van der Waals surface area contributed by atoms with E-state index in [2.05, 4.69) is 26.2 Å². The van der Waals surface area contributed by atoms with Crippen molar-refractivity contribution >= 4 is 0 Å². The molecule has 0 aromatic heterocycles. The van der Waals surface area contributed by atoms with Crippen molar-refractivity contribution in [1.29, 1.82) is 0 Å². The molecular formula is C10H17. The molecule has 0 rings (SSSR count). The first-order valence-electron chi connectivity index (χ1n) is 4.14. The van der Waals surface area contributed by atoms with Crippen LogP contribution in [-0.4, -0.2) is 0 Å². The quantitative estimate of drug-likeness (QED) is 0.511. The molecule has 0 N–H and O–H groups in total. The van der Waals surface area contributed by atoms with Gasteiger partial charge in [0.05, 0.1) is 0 Å². The van der Waals surface area contributed by atoms with Crippen LogP contribution in [0.25, 0.3) is 0 Å². The standard InChI is InChI=1S/C10H17/c1-4-7-9-10(6-3)8-5-2/h3,8,10H,4-5,7,9H2,1-2H3. The molecule has 1 radical (unpaired) electrons. The van der Waals surface area contributed by atoms with E-state index < -0.39 is 0 Å². The molecule has 0 amide bonds. The van der Waals surface area contributed by atoms with Crippen molar-refractivity contribution in [1.82, 2.24) is 0 Å². The molecule has 0 heterocycles. The first kappa shape index (κ1) is 9.56. The summed E-state index contributed by atoms with van der Waals surface area (Å²) in [6, 6.07) is 0. The highest BCUT2D eigenvalue weighted by molar-refractivity contribution is 4.99. The van der Waals surface area contributed by atoms with Crippen LogP contribution in [0.15, 0.2) is 0 Å². The van der Waals surface area contributed by atoms with Gasteiger partial charge in [-0.1, -0.05) is 33.1 Å². The molecule has 1 atom stereocenters. The van der Waals surface area contributed by atoms with Crippen molar-refractivity contribution in [2.75, 3.05) is 0 Å². The Kier molecular flexibility index (Phi) is 6.38. The topological polar surface area (TPSA) is 0 Å². The average Bonchev–Trinajstić information content (AvgIpc) is 1.98. The maximum Gasteiger partial charge on any atom is 0.0231 e. The van der Waals surface area contributed by atoms with Crippen LogP contribution in [-0.2, 0) is 0 Å². The third kappa shape index (κ3) is 4.44. The maximum absolute atomic E-state index is 5.32. The van der Waals surface area contributed by atoms with Crippen LogP contribution in [0.2, 0.25) is 0 Å². The van der Waals surface area contributed by atoms with Gasteiger partial charge in [0.15, 0.2) is 0 Å². The average molecular weight is 137 g/mol. The minimum atomic E-state index is 0.421. The van der Waals surface area contributed by atoms with Crippen molar-refractivity contribution in [2.45, 2.75) is 39.5 Å². The summed E-state index contributed by atoms with van der Waals surface area (Å²) in [5, 5.41) is 0. The Morgan fingerprint density at radius 2 is 2.20 bits per heavy atom. The second-order valence-electron chi connectivity index (χ2n) is 2.56. The van der Waals surface area contributed by atoms with Crippen molar-refractivity contribution < 1.29 is 0 Å². The summed E-state index contributed by atoms with van der Waals surface area (Å²) in [7, 11) is 0. The molecule has 1 unspecified atom stereocenters. The normalized spacial score (nSPS) is 12.5. The summed E-state index contributed by atoms with van der Waals surface area (Å²) >= 11 is 0. The SMILES string of the molecule is C#CC([CH]CC)CCCC. The molecule has 10 heavy (non-hydrogen) atoms. The zero-order chi connectivity index (χ0) is 7.82. The van der Waals surface area contributed by atoms with Crippen LogP contribution in [0, 0.1) is 24.7 Å². The fraction of sp³-hybridized carbons (Fsp3) is 0.700. The van der Waals surface area contributed by atoms with Crippen molar-refractivity contribution in [3.63, 3.8) is 0 Å². The Bertz CT molecular complexity index is 97.1. The lowest BCUT2D eigenvalue weighted by Crippen LogP contribution is -1.96. The van der Waals surface area contributed by atoms with Gasteiger partial charge in [0.25, 0.3) is 0 Å². The molecule has 0 aliphatic rings. The highest BCUT2D eigenvalue weighted by Gasteiger charge is 2.01. The molecule has 0 saturated carbocycles. The molecule has 0 aliphatic carbocycles. The minimum absolute atomic E-state index is 0.421. The predicted octanol–water partition coefficient (Wildman–Crippen LogP) is 3.04. The van der Waals surface area contributed by atoms with Crippen molar-refractivity contribution in [3.05, 3.63) is 6.42 Å². The molecule has 0 nitrogen and oxygen atoms in total. The third-order valence-corrected chi connectivity index (χ3v) is 1.60. The molecule has 0 aromatic rings. The van der Waals surface area contributed by atoms with E-state index >= 15 is 0 Å². The number of terminal acetylenes is 1. The summed E-state index contributed by atoms with van der Waals surface area (Å²) in [6.07, 6.45) is 12.3. The van der Waals surface area contributed by atoms with Gasteiger partial charge in [-0.2, -0.15) is 0 Å². The number of rotatable bonds is 5. The minimum Gasteiger partial charge on any atom is -0.120 e. The first-order valence-corrected chi connectivity index (χ1v) is 4.14. The molecule has 0 fully saturated rings. The maximum atomic E-state index is 5.32. The Labute approximate surface area is 65.0 Å². The largest absolute Gasteiger partial charge is 0.120 e. The first-order chi connectivity index (χ1) is 4.85. The smallest absolute Gasteiger partial charge is 0.0231 e. The molecule has 0 heteroatoms. The molecule has 57 valence electrons. The number of unbranched alkanes of at least 4 members (excludes halogenated alkanes) is 1. The van der Waals surface area contributed by atoms with Crippen LogP contribution >= 0.6 is 0 Å². The van der Waals surface area contributed by atoms with Crippen LogP contribution in [0.5, 0.6) is 0 Å². The van der Waals surface area contributed by atoms with E-state index in [1.54, 1.807) is 0 Å². The van der Waals surface area contributed by atoms with Gasteiger partial charge in [-0.25, -0.2) is 0 Å². The zero-order valence-corrected chi connectivity index (χ0v) is 7.06. The molecule has 0 aliphatic heterocycles. The Balaban J connectivity index is 3.33. The van der Waals surface area contributed by atoms with Gasteiger partial charge in [-0.15, -0.1) is 12.3 Å². The monoisotopic (exact) mass is 137 g/mol. The van der Waals surface area contributed by atoms with Crippen LogP contribution in [0.1, 0.15) is 39.5 Å². The molecule has 0 spiro atoms. The molecule has 0 saturated heterocycles. The van der Waals surface area contributed by atoms with Crippen molar-refractivity contribution in [2.24, 2.45) is 5.92 Å². The second-order valence-corrected chi connectivity index (χ2v) is 2.56. The Hall–Kier alpha value is -0.440. The van der Waals surface area contributed by atoms with E-state index in [-0.39, 0.29) is 0 Å². The van der Waals surface area contributed by atoms with Gasteiger partial charge >= 0.3 is 0 Å². The van der Waals surface area contributed by atoms with Crippen LogP contribution in [0.3, 0.4) is 0 Å². The fourth-order valence-corrected chi connectivity index (χ4v) is 0.978. The highest BCUT2D eigenvalue weighted by atomic mass is 14.0. The van der Waals surface area contributed by atoms with E-state index in [1.807, 2.05) is 0 Å². The van der Waals surface area contributed by atoms with Gasteiger partial charge in [0, 0.05) is 5.92 Å². The fourth-order valence-electron chi connectivity index (χ4n) is 0.978. The predicted molar refractivity (Wildman–Crippen MR) is 46.4 cm³/mol. The van der Waals surface area contributed by atoms with E-state index in [0.717, 1.165) is 6.42 Å². The van der Waals surface area contributed by atoms with E-state index in [4.69, 9.17) is 6.42 Å². The van der Waals surface area contributed by atoms with E-state index in [1.165, 1.54) is 19.3 Å². The number of hydrogen-bond acceptors (Lipinski definition) is 0. The van der Waals surface area contributed by atoms with Gasteiger partial charge in [0.1, 0.15) is 0 Å². The highest BCUT2D eigenvalue weighted by Crippen LogP contribution is 2.11. The Morgan fingerprint density at radius 3 is 2.60 bits per heavy atom. The zero-order valence-electron chi connectivity index (χ0n) is 7.06. The summed E-state index contributed by atoms with van der Waals surface area (Å²) < 4.78 is 0. The summed E-state index contributed by atoms with van der Waals surface area (Å²) in [5.74, 6) is 3.20. The summed E-state index contributed by atoms with van der Waals surface area (Å²) in [6.45, 7) is 4.33. The third-order valence-electron chi connectivity index (χ3n) is 1.60. The summed E-state index contributed by atoms with van der Waals surface area (Å²) in [4.78, 5) is 0. The summed E-state index contributed by atoms with van der Waals surface area (Å²) in [5.41, 5.74) is 0. The van der Waals surface area contributed by atoms with Gasteiger partial charge in [0.2, 0.25) is 0 Å². The molecule has 0 aromatic carbocycles. The lowest BCUT2D eigenvalue weighted by molar-refractivity contribution is 0.614. The molecular weight excluding hydrogens is 120 g/mol. The van der Waals surface area contributed by atoms with Gasteiger partial charge in [-0.3, -0.25) is 0 Å². The van der Waals surface area contributed by atoms with Gasteiger partial charge < -0.3 is 0 Å². The van der Waals surface area contributed by atoms with E-state index in [9.17, 15) is 0 Å². The second kappa shape index (κ2) is 6.68. The van der Waals surface area contributed by atoms with Gasteiger partial charge in [-0.05, 0) is 12.8 Å². The lowest BCUT2D eigenvalue weighted by Gasteiger charge is -2.06. The number of hydrogen-bond donors (Lipinski definition) is 0. The van der Waals surface area contributed by atoms with Crippen LogP contribution in [0.4, 0.5) is 0 Å². The van der Waals surface area contributed by atoms with Crippen LogP contribution < -0.4 is 0 Å². The van der Waals surface area contributed by atoms with Crippen molar-refractivity contribution in [3.8, 4) is 12.3 Å². The molecule has 0 bridgehead atoms. The lowest BCUT2D eigenvalue weighted by atomic mass is 9.98. The van der Waals surface area contributed by atoms with E-state index in [0.29, 0.717) is 5.92 Å².